The predicted molar refractivity (Wildman–Crippen MR) is 69.9 cm³/mol. The van der Waals surface area contributed by atoms with Gasteiger partial charge in [0.2, 0.25) is 0 Å². The van der Waals surface area contributed by atoms with E-state index in [4.69, 9.17) is 5.73 Å². The minimum Gasteiger partial charge on any atom is -0.320 e. The second kappa shape index (κ2) is 5.94. The largest absolute Gasteiger partial charge is 0.320 e. The minimum atomic E-state index is -0.400. The number of rotatable bonds is 2. The van der Waals surface area contributed by atoms with Crippen molar-refractivity contribution in [1.82, 2.24) is 9.78 Å². The maximum Gasteiger partial charge on any atom is 0.267 e. The second-order valence-electron chi connectivity index (χ2n) is 3.87. The number of benzene rings is 1. The van der Waals surface area contributed by atoms with E-state index in [0.717, 1.165) is 0 Å². The Hall–Kier alpha value is -2.45. The Kier molecular flexibility index (Phi) is 4.06. The van der Waals surface area contributed by atoms with E-state index in [0.29, 0.717) is 11.1 Å². The van der Waals surface area contributed by atoms with E-state index in [2.05, 4.69) is 16.9 Å². The molecule has 4 nitrogen and oxygen atoms in total. The van der Waals surface area contributed by atoms with Crippen LogP contribution in [0, 0.1) is 17.7 Å². The topological polar surface area (TPSA) is 60.9 Å². The SMILES string of the molecule is NCC#Cc1cc(F)cc(Cn2ncccc2=O)c1. The van der Waals surface area contributed by atoms with E-state index < -0.39 is 5.82 Å². The molecular formula is C14H12FN3O. The zero-order valence-electron chi connectivity index (χ0n) is 10.1. The van der Waals surface area contributed by atoms with Crippen molar-refractivity contribution in [3.8, 4) is 11.8 Å². The molecular weight excluding hydrogens is 245 g/mol. The van der Waals surface area contributed by atoms with Crippen LogP contribution in [0.25, 0.3) is 0 Å². The van der Waals surface area contributed by atoms with Crippen LogP contribution in [0.5, 0.6) is 0 Å². The summed E-state index contributed by atoms with van der Waals surface area (Å²) in [7, 11) is 0. The first-order valence-electron chi connectivity index (χ1n) is 5.69. The minimum absolute atomic E-state index is 0.203. The maximum absolute atomic E-state index is 13.5. The third kappa shape index (κ3) is 3.50. The van der Waals surface area contributed by atoms with Crippen LogP contribution in [0.4, 0.5) is 4.39 Å². The number of nitrogens with two attached hydrogens (primary N) is 1. The van der Waals surface area contributed by atoms with Crippen LogP contribution in [0.2, 0.25) is 0 Å². The Bertz CT molecular complexity index is 698. The van der Waals surface area contributed by atoms with E-state index in [1.54, 1.807) is 12.1 Å². The summed E-state index contributed by atoms with van der Waals surface area (Å²) in [5.74, 6) is 5.02. The molecule has 0 amide bonds. The van der Waals surface area contributed by atoms with Gasteiger partial charge in [0.15, 0.2) is 0 Å². The third-order valence-electron chi connectivity index (χ3n) is 2.41. The molecule has 0 aliphatic heterocycles. The lowest BCUT2D eigenvalue weighted by molar-refractivity contribution is 0.610. The normalized spacial score (nSPS) is 9.79. The first-order valence-corrected chi connectivity index (χ1v) is 5.69. The Morgan fingerprint density at radius 1 is 1.37 bits per heavy atom. The summed E-state index contributed by atoms with van der Waals surface area (Å²) in [4.78, 5) is 11.5. The first kappa shape index (κ1) is 13.0. The van der Waals surface area contributed by atoms with Gasteiger partial charge in [-0.1, -0.05) is 11.8 Å². The maximum atomic E-state index is 13.5. The van der Waals surface area contributed by atoms with Crippen LogP contribution in [-0.4, -0.2) is 16.3 Å². The summed E-state index contributed by atoms with van der Waals surface area (Å²) < 4.78 is 14.7. The standard InChI is InChI=1S/C14H12FN3O/c15-13-8-11(3-1-5-16)7-12(9-13)10-18-14(19)4-2-6-17-18/h2,4,6-9H,5,10,16H2. The molecule has 2 N–H and O–H groups in total. The molecule has 1 aromatic heterocycles. The van der Waals surface area contributed by atoms with Gasteiger partial charge in [0, 0.05) is 17.8 Å². The fraction of sp³-hybridized carbons (Fsp3) is 0.143. The Morgan fingerprint density at radius 2 is 2.21 bits per heavy atom. The van der Waals surface area contributed by atoms with Crippen LogP contribution >= 0.6 is 0 Å². The van der Waals surface area contributed by atoms with Crippen molar-refractivity contribution in [2.45, 2.75) is 6.54 Å². The van der Waals surface area contributed by atoms with E-state index in [1.807, 2.05) is 0 Å². The Labute approximate surface area is 109 Å². The van der Waals surface area contributed by atoms with Crippen LogP contribution in [-0.2, 0) is 6.54 Å². The zero-order valence-corrected chi connectivity index (χ0v) is 10.1. The zero-order chi connectivity index (χ0) is 13.7. The molecule has 5 heteroatoms. The summed E-state index contributed by atoms with van der Waals surface area (Å²) >= 11 is 0. The highest BCUT2D eigenvalue weighted by atomic mass is 19.1. The Balaban J connectivity index is 2.33. The van der Waals surface area contributed by atoms with Crippen molar-refractivity contribution >= 4 is 0 Å². The molecule has 1 aromatic carbocycles. The van der Waals surface area contributed by atoms with E-state index in [-0.39, 0.29) is 18.6 Å². The molecule has 0 unspecified atom stereocenters. The van der Waals surface area contributed by atoms with Gasteiger partial charge in [-0.15, -0.1) is 0 Å². The number of hydrogen-bond acceptors (Lipinski definition) is 3. The summed E-state index contributed by atoms with van der Waals surface area (Å²) in [5, 5.41) is 3.92. The first-order chi connectivity index (χ1) is 9.19. The lowest BCUT2D eigenvalue weighted by Gasteiger charge is -2.04. The molecule has 0 saturated carbocycles. The molecule has 0 saturated heterocycles. The molecule has 1 heterocycles. The third-order valence-corrected chi connectivity index (χ3v) is 2.41. The van der Waals surface area contributed by atoms with Crippen LogP contribution in [0.1, 0.15) is 11.1 Å². The van der Waals surface area contributed by atoms with Crippen LogP contribution in [0.3, 0.4) is 0 Å². The van der Waals surface area contributed by atoms with Crippen molar-refractivity contribution in [2.24, 2.45) is 5.73 Å². The quantitative estimate of drug-likeness (QED) is 0.807. The van der Waals surface area contributed by atoms with Gasteiger partial charge in [0.05, 0.1) is 13.1 Å². The van der Waals surface area contributed by atoms with E-state index in [9.17, 15) is 9.18 Å². The van der Waals surface area contributed by atoms with Crippen molar-refractivity contribution in [2.75, 3.05) is 6.54 Å². The highest BCUT2D eigenvalue weighted by Gasteiger charge is 2.02. The highest BCUT2D eigenvalue weighted by Crippen LogP contribution is 2.09. The van der Waals surface area contributed by atoms with Gasteiger partial charge in [-0.2, -0.15) is 5.10 Å². The fourth-order valence-corrected chi connectivity index (χ4v) is 1.65. The van der Waals surface area contributed by atoms with Gasteiger partial charge in [-0.25, -0.2) is 9.07 Å². The van der Waals surface area contributed by atoms with Crippen molar-refractivity contribution in [3.05, 3.63) is 63.8 Å². The summed E-state index contributed by atoms with van der Waals surface area (Å²) in [6.07, 6.45) is 1.51. The monoisotopic (exact) mass is 257 g/mol. The van der Waals surface area contributed by atoms with Gasteiger partial charge in [-0.05, 0) is 29.8 Å². The average Bonchev–Trinajstić information content (AvgIpc) is 2.38. The molecule has 19 heavy (non-hydrogen) atoms. The molecule has 0 radical (unpaired) electrons. The number of nitrogens with zero attached hydrogens (tertiary/aromatic N) is 2. The van der Waals surface area contributed by atoms with E-state index in [1.165, 1.54) is 29.1 Å². The van der Waals surface area contributed by atoms with Gasteiger partial charge < -0.3 is 5.73 Å². The predicted octanol–water partition coefficient (Wildman–Crippen LogP) is 0.741. The molecule has 0 bridgehead atoms. The summed E-state index contributed by atoms with van der Waals surface area (Å²) in [5.41, 5.74) is 6.20. The molecule has 0 atom stereocenters. The van der Waals surface area contributed by atoms with Crippen LogP contribution in [0.15, 0.2) is 41.3 Å². The van der Waals surface area contributed by atoms with Gasteiger partial charge in [-0.3, -0.25) is 4.79 Å². The van der Waals surface area contributed by atoms with Gasteiger partial charge in [0.25, 0.3) is 5.56 Å². The molecule has 0 aliphatic rings. The fourth-order valence-electron chi connectivity index (χ4n) is 1.65. The van der Waals surface area contributed by atoms with Crippen molar-refractivity contribution < 1.29 is 4.39 Å². The molecule has 96 valence electrons. The highest BCUT2D eigenvalue weighted by molar-refractivity contribution is 5.38. The lowest BCUT2D eigenvalue weighted by atomic mass is 10.1. The van der Waals surface area contributed by atoms with Crippen LogP contribution < -0.4 is 11.3 Å². The van der Waals surface area contributed by atoms with Crippen molar-refractivity contribution in [3.63, 3.8) is 0 Å². The summed E-state index contributed by atoms with van der Waals surface area (Å²) in [6, 6.07) is 7.36. The number of aromatic nitrogens is 2. The average molecular weight is 257 g/mol. The van der Waals surface area contributed by atoms with Gasteiger partial charge in [0.1, 0.15) is 5.82 Å². The van der Waals surface area contributed by atoms with Crippen molar-refractivity contribution in [1.29, 1.82) is 0 Å². The second-order valence-corrected chi connectivity index (χ2v) is 3.87. The molecule has 2 aromatic rings. The molecule has 0 spiro atoms. The molecule has 2 rings (SSSR count). The smallest absolute Gasteiger partial charge is 0.267 e. The Morgan fingerprint density at radius 3 is 2.95 bits per heavy atom. The molecule has 0 fully saturated rings. The summed E-state index contributed by atoms with van der Waals surface area (Å²) in [6.45, 7) is 0.417. The molecule has 0 aliphatic carbocycles. The number of halogens is 1. The van der Waals surface area contributed by atoms with E-state index >= 15 is 0 Å². The van der Waals surface area contributed by atoms with Gasteiger partial charge >= 0.3 is 0 Å². The number of hydrogen-bond donors (Lipinski definition) is 1. The lowest BCUT2D eigenvalue weighted by Crippen LogP contribution is -2.21.